The smallest absolute Gasteiger partial charge is 0.402 e. The van der Waals surface area contributed by atoms with Crippen molar-refractivity contribution in [1.29, 1.82) is 0 Å². The largest absolute Gasteiger partial charge is 0.635 e. The predicted molar refractivity (Wildman–Crippen MR) is 80.4 cm³/mol. The molecule has 2 bridgehead atoms. The van der Waals surface area contributed by atoms with Gasteiger partial charge in [0.25, 0.3) is 0 Å². The molecule has 0 radical (unpaired) electrons. The topological polar surface area (TPSA) is 88.0 Å². The second-order valence-corrected chi connectivity index (χ2v) is 6.92. The highest BCUT2D eigenvalue weighted by molar-refractivity contribution is 6.32. The molecule has 3 aliphatic rings. The SMILES string of the molecule is O=C(N[C@@H](CC1CCCCC1)OB(O)O)[C@@H]1C[C@H]2CC[C@@H]1O2. The fraction of sp³-hybridized carbons (Fsp3) is 0.933. The van der Waals surface area contributed by atoms with Crippen LogP contribution in [0.15, 0.2) is 0 Å². The third-order valence-corrected chi connectivity index (χ3v) is 5.30. The second kappa shape index (κ2) is 7.30. The van der Waals surface area contributed by atoms with E-state index in [2.05, 4.69) is 5.32 Å². The number of hydrogen-bond donors (Lipinski definition) is 3. The van der Waals surface area contributed by atoms with Crippen LogP contribution in [0.2, 0.25) is 0 Å². The number of amides is 1. The van der Waals surface area contributed by atoms with Crippen molar-refractivity contribution in [3.63, 3.8) is 0 Å². The number of carbonyl (C=O) groups is 1. The molecule has 0 aromatic rings. The lowest BCUT2D eigenvalue weighted by Gasteiger charge is -2.28. The zero-order valence-electron chi connectivity index (χ0n) is 12.9. The molecule has 1 amide bonds. The monoisotopic (exact) mass is 311 g/mol. The maximum Gasteiger partial charge on any atom is 0.635 e. The lowest BCUT2D eigenvalue weighted by Crippen LogP contribution is -2.46. The molecule has 3 rings (SSSR count). The second-order valence-electron chi connectivity index (χ2n) is 6.92. The van der Waals surface area contributed by atoms with Crippen molar-refractivity contribution in [1.82, 2.24) is 5.32 Å². The van der Waals surface area contributed by atoms with Gasteiger partial charge in [0, 0.05) is 0 Å². The van der Waals surface area contributed by atoms with E-state index in [1.54, 1.807) is 0 Å². The van der Waals surface area contributed by atoms with Crippen molar-refractivity contribution in [3.8, 4) is 0 Å². The number of carbonyl (C=O) groups excluding carboxylic acids is 1. The van der Waals surface area contributed by atoms with E-state index in [9.17, 15) is 4.79 Å². The Hall–Kier alpha value is -0.625. The maximum atomic E-state index is 12.4. The Bertz CT molecular complexity index is 388. The van der Waals surface area contributed by atoms with Crippen molar-refractivity contribution in [2.24, 2.45) is 11.8 Å². The Labute approximate surface area is 131 Å². The van der Waals surface area contributed by atoms with Crippen LogP contribution in [0.5, 0.6) is 0 Å². The van der Waals surface area contributed by atoms with Crippen LogP contribution in [0.3, 0.4) is 0 Å². The minimum Gasteiger partial charge on any atom is -0.402 e. The van der Waals surface area contributed by atoms with Crippen LogP contribution in [0, 0.1) is 11.8 Å². The summed E-state index contributed by atoms with van der Waals surface area (Å²) < 4.78 is 10.8. The molecule has 4 atom stereocenters. The minimum atomic E-state index is -1.86. The van der Waals surface area contributed by atoms with Gasteiger partial charge >= 0.3 is 7.32 Å². The molecule has 3 fully saturated rings. The van der Waals surface area contributed by atoms with Gasteiger partial charge in [0.1, 0.15) is 6.23 Å². The van der Waals surface area contributed by atoms with Gasteiger partial charge in [-0.2, -0.15) is 0 Å². The van der Waals surface area contributed by atoms with Gasteiger partial charge in [0.05, 0.1) is 18.1 Å². The van der Waals surface area contributed by atoms with Gasteiger partial charge in [0.2, 0.25) is 5.91 Å². The third-order valence-electron chi connectivity index (χ3n) is 5.30. The fourth-order valence-electron chi connectivity index (χ4n) is 4.20. The summed E-state index contributed by atoms with van der Waals surface area (Å²) in [5, 5.41) is 21.0. The summed E-state index contributed by atoms with van der Waals surface area (Å²) in [6, 6.07) is 0. The first-order valence-electron chi connectivity index (χ1n) is 8.59. The van der Waals surface area contributed by atoms with Crippen LogP contribution in [-0.4, -0.2) is 41.7 Å². The van der Waals surface area contributed by atoms with Gasteiger partial charge < -0.3 is 24.8 Å². The van der Waals surface area contributed by atoms with E-state index in [1.165, 1.54) is 19.3 Å². The molecule has 7 heteroatoms. The molecular weight excluding hydrogens is 285 g/mol. The first kappa shape index (κ1) is 16.2. The van der Waals surface area contributed by atoms with E-state index in [0.29, 0.717) is 12.3 Å². The number of fused-ring (bicyclic) bond motifs is 2. The standard InChI is InChI=1S/C15H26BNO5/c18-15(12-9-11-6-7-13(12)21-11)17-14(22-16(19)20)8-10-4-2-1-3-5-10/h10-14,19-20H,1-9H2,(H,17,18)/t11-,12-,13+,14-/m1/s1. The van der Waals surface area contributed by atoms with Crippen LogP contribution in [-0.2, 0) is 14.2 Å². The average molecular weight is 311 g/mol. The Balaban J connectivity index is 1.53. The summed E-state index contributed by atoms with van der Waals surface area (Å²) >= 11 is 0. The summed E-state index contributed by atoms with van der Waals surface area (Å²) in [5.41, 5.74) is 0. The van der Waals surface area contributed by atoms with Crippen molar-refractivity contribution in [3.05, 3.63) is 0 Å². The number of rotatable bonds is 6. The number of nitrogens with one attached hydrogen (secondary N) is 1. The quantitative estimate of drug-likeness (QED) is 0.502. The van der Waals surface area contributed by atoms with Crippen LogP contribution < -0.4 is 5.32 Å². The van der Waals surface area contributed by atoms with Gasteiger partial charge in [0.15, 0.2) is 0 Å². The van der Waals surface area contributed by atoms with Gasteiger partial charge in [-0.25, -0.2) is 0 Å². The lowest BCUT2D eigenvalue weighted by atomic mass is 9.86. The van der Waals surface area contributed by atoms with Crippen LogP contribution in [0.25, 0.3) is 0 Å². The zero-order valence-corrected chi connectivity index (χ0v) is 12.9. The summed E-state index contributed by atoms with van der Waals surface area (Å²) in [6.45, 7) is 0. The normalized spacial score (nSPS) is 32.9. The molecule has 1 aliphatic carbocycles. The van der Waals surface area contributed by atoms with E-state index in [0.717, 1.165) is 32.1 Å². The fourth-order valence-corrected chi connectivity index (χ4v) is 4.20. The molecule has 2 saturated heterocycles. The van der Waals surface area contributed by atoms with Crippen LogP contribution in [0.1, 0.15) is 57.8 Å². The molecule has 3 N–H and O–H groups in total. The summed E-state index contributed by atoms with van der Waals surface area (Å²) in [4.78, 5) is 12.4. The first-order valence-corrected chi connectivity index (χ1v) is 8.59. The highest BCUT2D eigenvalue weighted by atomic mass is 16.6. The Kier molecular flexibility index (Phi) is 5.39. The number of hydrogen-bond acceptors (Lipinski definition) is 5. The van der Waals surface area contributed by atoms with E-state index >= 15 is 0 Å². The van der Waals surface area contributed by atoms with Crippen molar-refractivity contribution in [2.75, 3.05) is 0 Å². The molecule has 0 spiro atoms. The van der Waals surface area contributed by atoms with E-state index < -0.39 is 13.5 Å². The molecule has 0 unspecified atom stereocenters. The number of ether oxygens (including phenoxy) is 1. The third kappa shape index (κ3) is 4.01. The van der Waals surface area contributed by atoms with E-state index in [1.807, 2.05) is 0 Å². The van der Waals surface area contributed by atoms with Gasteiger partial charge in [-0.05, 0) is 31.6 Å². The molecule has 124 valence electrons. The summed E-state index contributed by atoms with van der Waals surface area (Å²) in [7, 11) is -1.86. The average Bonchev–Trinajstić information content (AvgIpc) is 3.10. The minimum absolute atomic E-state index is 0.0272. The van der Waals surface area contributed by atoms with Crippen molar-refractivity contribution >= 4 is 13.2 Å². The molecule has 1 saturated carbocycles. The molecule has 2 heterocycles. The Morgan fingerprint density at radius 1 is 1.23 bits per heavy atom. The molecule has 6 nitrogen and oxygen atoms in total. The van der Waals surface area contributed by atoms with Crippen LogP contribution >= 0.6 is 0 Å². The Morgan fingerprint density at radius 3 is 2.59 bits per heavy atom. The molecule has 0 aromatic carbocycles. The summed E-state index contributed by atoms with van der Waals surface area (Å²) in [5.74, 6) is 0.287. The predicted octanol–water partition coefficient (Wildman–Crippen LogP) is 0.953. The van der Waals surface area contributed by atoms with E-state index in [4.69, 9.17) is 19.4 Å². The maximum absolute atomic E-state index is 12.4. The highest BCUT2D eigenvalue weighted by Gasteiger charge is 2.45. The van der Waals surface area contributed by atoms with Gasteiger partial charge in [-0.15, -0.1) is 0 Å². The molecule has 0 aromatic heterocycles. The van der Waals surface area contributed by atoms with Crippen molar-refractivity contribution < 1.29 is 24.2 Å². The van der Waals surface area contributed by atoms with Crippen molar-refractivity contribution in [2.45, 2.75) is 76.2 Å². The Morgan fingerprint density at radius 2 is 2.00 bits per heavy atom. The lowest BCUT2D eigenvalue weighted by molar-refractivity contribution is -0.129. The molecule has 22 heavy (non-hydrogen) atoms. The van der Waals surface area contributed by atoms with Crippen LogP contribution in [0.4, 0.5) is 0 Å². The van der Waals surface area contributed by atoms with Gasteiger partial charge in [-0.1, -0.05) is 32.1 Å². The first-order chi connectivity index (χ1) is 10.6. The summed E-state index contributed by atoms with van der Waals surface area (Å²) in [6.07, 6.45) is 8.93. The highest BCUT2D eigenvalue weighted by Crippen LogP contribution is 2.39. The van der Waals surface area contributed by atoms with Gasteiger partial charge in [-0.3, -0.25) is 4.79 Å². The van der Waals surface area contributed by atoms with E-state index in [-0.39, 0.29) is 24.0 Å². The molecule has 2 aliphatic heterocycles. The zero-order chi connectivity index (χ0) is 15.5. The molecular formula is C15H26BNO5.